The van der Waals surface area contributed by atoms with Crippen molar-refractivity contribution in [2.75, 3.05) is 10.6 Å². The predicted octanol–water partition coefficient (Wildman–Crippen LogP) is 2.20. The lowest BCUT2D eigenvalue weighted by Gasteiger charge is -2.21. The number of carbonyl (C=O) groups excluding carboxylic acids is 1. The molecule has 0 bridgehead atoms. The molecule has 0 spiro atoms. The highest BCUT2D eigenvalue weighted by Crippen LogP contribution is 2.37. The first-order chi connectivity index (χ1) is 17.5. The van der Waals surface area contributed by atoms with E-state index in [1.54, 1.807) is 59.7 Å². The number of anilines is 2. The summed E-state index contributed by atoms with van der Waals surface area (Å²) in [6.45, 7) is 3.82. The summed E-state index contributed by atoms with van der Waals surface area (Å²) >= 11 is 0. The van der Waals surface area contributed by atoms with Gasteiger partial charge in [0.05, 0.1) is 24.0 Å². The van der Waals surface area contributed by atoms with E-state index < -0.39 is 12.2 Å². The van der Waals surface area contributed by atoms with Crippen LogP contribution >= 0.6 is 0 Å². The van der Waals surface area contributed by atoms with Gasteiger partial charge in [0, 0.05) is 30.1 Å². The van der Waals surface area contributed by atoms with Crippen LogP contribution in [0.25, 0.3) is 5.70 Å². The molecule has 4 heterocycles. The van der Waals surface area contributed by atoms with Crippen molar-refractivity contribution in [2.24, 2.45) is 4.99 Å². The maximum Gasteiger partial charge on any atom is 0.322 e. The topological polar surface area (TPSA) is 117 Å². The molecule has 1 unspecified atom stereocenters. The highest BCUT2D eigenvalue weighted by molar-refractivity contribution is 6.31. The Balaban J connectivity index is 1.20. The van der Waals surface area contributed by atoms with Gasteiger partial charge in [-0.1, -0.05) is 18.4 Å². The Morgan fingerprint density at radius 3 is 3.17 bits per heavy atom. The molecule has 174 valence electrons. The van der Waals surface area contributed by atoms with Crippen LogP contribution < -0.4 is 31.6 Å². The fourth-order valence-electron chi connectivity index (χ4n) is 3.44. The quantitative estimate of drug-likeness (QED) is 0.300. The fraction of sp³-hybridized carbons (Fsp3) is 0.0800. The van der Waals surface area contributed by atoms with E-state index >= 15 is 0 Å². The Morgan fingerprint density at radius 1 is 1.39 bits per heavy atom. The summed E-state index contributed by atoms with van der Waals surface area (Å²) in [5, 5.41) is 16.0. The van der Waals surface area contributed by atoms with Gasteiger partial charge in [-0.25, -0.2) is 19.5 Å². The number of allylic oxidation sites excluding steroid dienone is 5. The van der Waals surface area contributed by atoms with Gasteiger partial charge >= 0.3 is 6.03 Å². The van der Waals surface area contributed by atoms with Crippen molar-refractivity contribution >= 4 is 48.7 Å². The number of carbonyl (C=O) groups is 1. The molecule has 1 aliphatic carbocycles. The SMILES string of the molecule is [B]c1cc(NC(=O)NC2C=CC(Oc3ccnc4c3N=CC(=C)N4)=CN2)n(/C2=C/C=C=CC#CC2)n1. The van der Waals surface area contributed by atoms with E-state index in [9.17, 15) is 4.79 Å². The monoisotopic (exact) mass is 474 g/mol. The van der Waals surface area contributed by atoms with Crippen molar-refractivity contribution in [1.82, 2.24) is 25.4 Å². The molecular weight excluding hydrogens is 455 g/mol. The van der Waals surface area contributed by atoms with Crippen molar-refractivity contribution in [3.05, 3.63) is 78.7 Å². The van der Waals surface area contributed by atoms with Gasteiger partial charge in [-0.15, -0.1) is 5.73 Å². The van der Waals surface area contributed by atoms with E-state index in [4.69, 9.17) is 12.6 Å². The number of hydrogen-bond donors (Lipinski definition) is 4. The molecule has 0 aromatic carbocycles. The maximum atomic E-state index is 12.7. The molecule has 2 amide bonds. The third-order valence-electron chi connectivity index (χ3n) is 5.03. The number of pyridine rings is 1. The molecule has 4 N–H and O–H groups in total. The minimum Gasteiger partial charge on any atom is -0.453 e. The number of aromatic nitrogens is 3. The van der Waals surface area contributed by atoms with Crippen molar-refractivity contribution in [2.45, 2.75) is 12.6 Å². The summed E-state index contributed by atoms with van der Waals surface area (Å²) in [5.41, 5.74) is 5.16. The molecule has 36 heavy (non-hydrogen) atoms. The third-order valence-corrected chi connectivity index (χ3v) is 5.03. The smallest absolute Gasteiger partial charge is 0.322 e. The zero-order valence-electron chi connectivity index (χ0n) is 18.9. The van der Waals surface area contributed by atoms with Gasteiger partial charge < -0.3 is 20.7 Å². The van der Waals surface area contributed by atoms with Gasteiger partial charge in [-0.05, 0) is 30.4 Å². The van der Waals surface area contributed by atoms with E-state index in [0.717, 1.165) is 5.70 Å². The lowest BCUT2D eigenvalue weighted by molar-refractivity contribution is 0.249. The summed E-state index contributed by atoms with van der Waals surface area (Å²) in [7, 11) is 5.88. The van der Waals surface area contributed by atoms with Gasteiger partial charge in [-0.2, -0.15) is 5.10 Å². The summed E-state index contributed by atoms with van der Waals surface area (Å²) < 4.78 is 7.50. The number of amides is 2. The van der Waals surface area contributed by atoms with Crippen LogP contribution in [0.5, 0.6) is 5.75 Å². The van der Waals surface area contributed by atoms with Crippen LogP contribution in [0.3, 0.4) is 0 Å². The van der Waals surface area contributed by atoms with Gasteiger partial charge in [0.25, 0.3) is 0 Å². The van der Waals surface area contributed by atoms with E-state index in [1.807, 2.05) is 6.08 Å². The molecule has 2 aliphatic heterocycles. The lowest BCUT2D eigenvalue weighted by atomic mass is 10.1. The number of dihydropyridines is 1. The zero-order chi connectivity index (χ0) is 24.9. The molecule has 2 radical (unpaired) electrons. The fourth-order valence-corrected chi connectivity index (χ4v) is 3.44. The van der Waals surface area contributed by atoms with Crippen LogP contribution in [0.4, 0.5) is 22.1 Å². The van der Waals surface area contributed by atoms with Crippen LogP contribution in [-0.4, -0.2) is 41.0 Å². The Labute approximate surface area is 208 Å². The number of nitrogens with one attached hydrogen (secondary N) is 4. The van der Waals surface area contributed by atoms with Crippen molar-refractivity contribution in [1.29, 1.82) is 0 Å². The van der Waals surface area contributed by atoms with Crippen molar-refractivity contribution in [3.8, 4) is 17.6 Å². The van der Waals surface area contributed by atoms with Crippen molar-refractivity contribution < 1.29 is 9.53 Å². The minimum absolute atomic E-state index is 0.267. The second-order valence-electron chi connectivity index (χ2n) is 7.67. The molecular formula is C25H19BN8O2. The highest BCUT2D eigenvalue weighted by Gasteiger charge is 2.18. The second kappa shape index (κ2) is 9.97. The molecule has 0 saturated heterocycles. The first-order valence-electron chi connectivity index (χ1n) is 10.9. The van der Waals surface area contributed by atoms with Crippen molar-refractivity contribution in [3.63, 3.8) is 0 Å². The molecule has 11 heteroatoms. The lowest BCUT2D eigenvalue weighted by Crippen LogP contribution is -2.45. The van der Waals surface area contributed by atoms with E-state index in [2.05, 4.69) is 60.5 Å². The van der Waals surface area contributed by atoms with E-state index in [0.29, 0.717) is 40.9 Å². The van der Waals surface area contributed by atoms with Crippen LogP contribution in [0.1, 0.15) is 6.42 Å². The van der Waals surface area contributed by atoms with Crippen LogP contribution in [0.15, 0.2) is 83.7 Å². The Hall–Kier alpha value is -5.20. The van der Waals surface area contributed by atoms with Crippen LogP contribution in [0, 0.1) is 11.8 Å². The van der Waals surface area contributed by atoms with Crippen LogP contribution in [0.2, 0.25) is 0 Å². The number of aliphatic imine (C=N–C) groups is 1. The van der Waals surface area contributed by atoms with Crippen LogP contribution in [-0.2, 0) is 0 Å². The van der Waals surface area contributed by atoms with E-state index in [-0.39, 0.29) is 5.59 Å². The molecule has 3 aliphatic rings. The highest BCUT2D eigenvalue weighted by atomic mass is 16.5. The summed E-state index contributed by atoms with van der Waals surface area (Å²) in [6, 6.07) is 2.84. The van der Waals surface area contributed by atoms with Gasteiger partial charge in [0.1, 0.15) is 31.3 Å². The molecule has 1 atom stereocenters. The number of fused-ring (bicyclic) bond motifs is 1. The van der Waals surface area contributed by atoms with Gasteiger partial charge in [-0.3, -0.25) is 5.32 Å². The number of ether oxygens (including phenoxy) is 1. The van der Waals surface area contributed by atoms with Gasteiger partial charge in [0.15, 0.2) is 11.6 Å². The average molecular weight is 474 g/mol. The number of urea groups is 1. The van der Waals surface area contributed by atoms with Gasteiger partial charge in [0.2, 0.25) is 0 Å². The summed E-state index contributed by atoms with van der Waals surface area (Å²) in [4.78, 5) is 21.3. The molecule has 5 rings (SSSR count). The first kappa shape index (κ1) is 22.6. The maximum absolute atomic E-state index is 12.7. The number of nitrogens with zero attached hydrogens (tertiary/aromatic N) is 4. The summed E-state index contributed by atoms with van der Waals surface area (Å²) in [5.74, 6) is 7.90. The Kier molecular flexibility index (Phi) is 6.26. The predicted molar refractivity (Wildman–Crippen MR) is 139 cm³/mol. The molecule has 0 saturated carbocycles. The Bertz CT molecular complexity index is 1500. The summed E-state index contributed by atoms with van der Waals surface area (Å²) in [6.07, 6.45) is 13.5. The molecule has 2 aromatic rings. The second-order valence-corrected chi connectivity index (χ2v) is 7.67. The third kappa shape index (κ3) is 5.14. The minimum atomic E-state index is -0.472. The molecule has 2 aromatic heterocycles. The standard InChI is InChI=1S/C25H19BN8O2/c1-16-14-29-23-19(11-12-27-24(23)30-16)36-18-9-10-21(28-15-18)31-25(35)32-22-13-20(26)33-34(22)17-7-5-3-2-4-6-8-17/h2,5,7,9-15,21,28H,1,8H2,(H,27,30)(H2,31,32,35)/b17-7+. The zero-order valence-corrected chi connectivity index (χ0v) is 18.9. The number of rotatable bonds is 5. The largest absolute Gasteiger partial charge is 0.453 e. The number of hydrogen-bond acceptors (Lipinski definition) is 7. The normalized spacial score (nSPS) is 18.7. The molecule has 10 nitrogen and oxygen atoms in total. The first-order valence-corrected chi connectivity index (χ1v) is 10.9. The molecule has 0 fully saturated rings. The van der Waals surface area contributed by atoms with E-state index in [1.165, 1.54) is 0 Å². The average Bonchev–Trinajstić information content (AvgIpc) is 3.19. The Morgan fingerprint density at radius 2 is 2.31 bits per heavy atom.